The lowest BCUT2D eigenvalue weighted by Gasteiger charge is -2.21. The van der Waals surface area contributed by atoms with E-state index in [1.54, 1.807) is 12.1 Å². The zero-order valence-electron chi connectivity index (χ0n) is 12.1. The lowest BCUT2D eigenvalue weighted by atomic mass is 10.1. The quantitative estimate of drug-likeness (QED) is 0.628. The summed E-state index contributed by atoms with van der Waals surface area (Å²) in [5.41, 5.74) is 1.41. The highest BCUT2D eigenvalue weighted by Gasteiger charge is 2.15. The minimum Gasteiger partial charge on any atom is -0.507 e. The number of halogens is 3. The second-order valence-electron chi connectivity index (χ2n) is 4.84. The standard InChI is InChI=1S/C15H17Cl2NO3.ClH/c1-10-8-14(20)21-15-11(10)2-3-13(19)12(15)9-18(6-4-16)7-5-17;/h2-3,8,19H,4-7,9H2,1H3;1H. The Balaban J connectivity index is 0.00000242. The Kier molecular flexibility index (Phi) is 7.49. The van der Waals surface area contributed by atoms with Crippen molar-refractivity contribution in [1.82, 2.24) is 4.90 Å². The first-order valence-electron chi connectivity index (χ1n) is 6.66. The fourth-order valence-corrected chi connectivity index (χ4v) is 2.79. The molecule has 0 unspecified atom stereocenters. The number of phenols is 1. The number of aromatic hydroxyl groups is 1. The first kappa shape index (κ1) is 19.1. The number of aryl methyl sites for hydroxylation is 1. The van der Waals surface area contributed by atoms with Crippen molar-refractivity contribution >= 4 is 46.6 Å². The van der Waals surface area contributed by atoms with Crippen molar-refractivity contribution in [2.45, 2.75) is 13.5 Å². The highest BCUT2D eigenvalue weighted by atomic mass is 35.5. The van der Waals surface area contributed by atoms with Crippen molar-refractivity contribution in [3.63, 3.8) is 0 Å². The van der Waals surface area contributed by atoms with Crippen molar-refractivity contribution in [2.75, 3.05) is 24.8 Å². The first-order valence-corrected chi connectivity index (χ1v) is 7.73. The fourth-order valence-electron chi connectivity index (χ4n) is 2.31. The maximum atomic E-state index is 11.6. The Bertz CT molecular complexity index is 682. The van der Waals surface area contributed by atoms with Gasteiger partial charge in [0.25, 0.3) is 0 Å². The molecule has 0 saturated carbocycles. The van der Waals surface area contributed by atoms with E-state index in [4.69, 9.17) is 27.6 Å². The zero-order chi connectivity index (χ0) is 15.4. The lowest BCUT2D eigenvalue weighted by Crippen LogP contribution is -2.27. The molecule has 2 aromatic rings. The fraction of sp³-hybridized carbons (Fsp3) is 0.400. The summed E-state index contributed by atoms with van der Waals surface area (Å²) < 4.78 is 5.30. The highest BCUT2D eigenvalue weighted by molar-refractivity contribution is 6.18. The van der Waals surface area contributed by atoms with Crippen LogP contribution in [0, 0.1) is 6.92 Å². The summed E-state index contributed by atoms with van der Waals surface area (Å²) in [6.07, 6.45) is 0. The van der Waals surface area contributed by atoms with Gasteiger partial charge in [-0.2, -0.15) is 0 Å². The van der Waals surface area contributed by atoms with Gasteiger partial charge in [0.05, 0.1) is 5.56 Å². The van der Waals surface area contributed by atoms with Gasteiger partial charge in [-0.1, -0.05) is 0 Å². The van der Waals surface area contributed by atoms with Crippen LogP contribution in [0.15, 0.2) is 27.4 Å². The molecule has 0 fully saturated rings. The van der Waals surface area contributed by atoms with Crippen molar-refractivity contribution in [2.24, 2.45) is 0 Å². The minimum atomic E-state index is -0.423. The molecule has 0 bridgehead atoms. The van der Waals surface area contributed by atoms with Crippen LogP contribution in [-0.4, -0.2) is 34.9 Å². The third-order valence-corrected chi connectivity index (χ3v) is 3.72. The summed E-state index contributed by atoms with van der Waals surface area (Å²) in [5, 5.41) is 10.9. The van der Waals surface area contributed by atoms with Crippen LogP contribution in [0.4, 0.5) is 0 Å². The Morgan fingerprint density at radius 1 is 1.23 bits per heavy atom. The summed E-state index contributed by atoms with van der Waals surface area (Å²) in [6, 6.07) is 4.81. The van der Waals surface area contributed by atoms with Gasteiger partial charge in [-0.15, -0.1) is 35.6 Å². The van der Waals surface area contributed by atoms with Gasteiger partial charge < -0.3 is 9.52 Å². The molecule has 7 heteroatoms. The van der Waals surface area contributed by atoms with Gasteiger partial charge in [-0.3, -0.25) is 4.90 Å². The molecule has 1 N–H and O–H groups in total. The molecule has 4 nitrogen and oxygen atoms in total. The Morgan fingerprint density at radius 2 is 1.86 bits per heavy atom. The maximum absolute atomic E-state index is 11.6. The molecular weight excluding hydrogens is 349 g/mol. The minimum absolute atomic E-state index is 0. The molecule has 0 amide bonds. The number of rotatable bonds is 6. The summed E-state index contributed by atoms with van der Waals surface area (Å²) in [7, 11) is 0. The smallest absolute Gasteiger partial charge is 0.336 e. The van der Waals surface area contributed by atoms with Crippen molar-refractivity contribution in [3.8, 4) is 5.75 Å². The molecule has 0 atom stereocenters. The first-order chi connectivity index (χ1) is 10.1. The summed E-state index contributed by atoms with van der Waals surface area (Å²) in [6.45, 7) is 3.55. The number of hydrogen-bond donors (Lipinski definition) is 1. The summed E-state index contributed by atoms with van der Waals surface area (Å²) in [4.78, 5) is 13.6. The molecule has 22 heavy (non-hydrogen) atoms. The van der Waals surface area contributed by atoms with E-state index in [0.29, 0.717) is 42.5 Å². The van der Waals surface area contributed by atoms with Crippen LogP contribution in [0.2, 0.25) is 0 Å². The van der Waals surface area contributed by atoms with Crippen LogP contribution in [-0.2, 0) is 6.54 Å². The predicted octanol–water partition coefficient (Wildman–Crippen LogP) is 3.51. The Labute approximate surface area is 145 Å². The lowest BCUT2D eigenvalue weighted by molar-refractivity contribution is 0.293. The second-order valence-corrected chi connectivity index (χ2v) is 5.60. The van der Waals surface area contributed by atoms with Crippen LogP contribution in [0.1, 0.15) is 11.1 Å². The van der Waals surface area contributed by atoms with Gasteiger partial charge in [0.2, 0.25) is 0 Å². The molecule has 0 radical (unpaired) electrons. The highest BCUT2D eigenvalue weighted by Crippen LogP contribution is 2.29. The molecule has 122 valence electrons. The van der Waals surface area contributed by atoms with Gasteiger partial charge in [-0.25, -0.2) is 4.79 Å². The molecule has 0 saturated heterocycles. The summed E-state index contributed by atoms with van der Waals surface area (Å²) >= 11 is 11.6. The van der Waals surface area contributed by atoms with Gasteiger partial charge in [0.15, 0.2) is 0 Å². The van der Waals surface area contributed by atoms with E-state index < -0.39 is 5.63 Å². The van der Waals surface area contributed by atoms with Crippen LogP contribution in [0.5, 0.6) is 5.75 Å². The third kappa shape index (κ3) is 4.29. The van der Waals surface area contributed by atoms with E-state index in [0.717, 1.165) is 10.9 Å². The van der Waals surface area contributed by atoms with Crippen molar-refractivity contribution < 1.29 is 9.52 Å². The molecule has 1 heterocycles. The molecule has 0 aliphatic heterocycles. The maximum Gasteiger partial charge on any atom is 0.336 e. The van der Waals surface area contributed by atoms with Crippen molar-refractivity contribution in [1.29, 1.82) is 0 Å². The summed E-state index contributed by atoms with van der Waals surface area (Å²) in [5.74, 6) is 1.03. The number of benzene rings is 1. The molecule has 2 rings (SSSR count). The Morgan fingerprint density at radius 3 is 2.45 bits per heavy atom. The average molecular weight is 367 g/mol. The largest absolute Gasteiger partial charge is 0.507 e. The molecule has 1 aromatic heterocycles. The molecule has 0 aliphatic carbocycles. The average Bonchev–Trinajstić information content (AvgIpc) is 2.42. The van der Waals surface area contributed by atoms with E-state index in [2.05, 4.69) is 0 Å². The van der Waals surface area contributed by atoms with Gasteiger partial charge >= 0.3 is 5.63 Å². The van der Waals surface area contributed by atoms with Gasteiger partial charge in [-0.05, 0) is 24.6 Å². The second kappa shape index (κ2) is 8.63. The van der Waals surface area contributed by atoms with Gasteiger partial charge in [0.1, 0.15) is 11.3 Å². The SMILES string of the molecule is Cc1cc(=O)oc2c(CN(CCCl)CCCl)c(O)ccc12.Cl. The van der Waals surface area contributed by atoms with E-state index in [-0.39, 0.29) is 18.2 Å². The van der Waals surface area contributed by atoms with Gasteiger partial charge in [0, 0.05) is 42.8 Å². The number of nitrogens with zero attached hydrogens (tertiary/aromatic N) is 1. The van der Waals surface area contributed by atoms with Crippen LogP contribution in [0.3, 0.4) is 0 Å². The van der Waals surface area contributed by atoms with Crippen LogP contribution < -0.4 is 5.63 Å². The number of alkyl halides is 2. The predicted molar refractivity (Wildman–Crippen MR) is 92.9 cm³/mol. The topological polar surface area (TPSA) is 53.7 Å². The number of fused-ring (bicyclic) bond motifs is 1. The van der Waals surface area contributed by atoms with Crippen LogP contribution >= 0.6 is 35.6 Å². The molecule has 0 aliphatic rings. The monoisotopic (exact) mass is 365 g/mol. The van der Waals surface area contributed by atoms with E-state index in [1.165, 1.54) is 6.07 Å². The number of hydrogen-bond acceptors (Lipinski definition) is 4. The van der Waals surface area contributed by atoms with E-state index in [9.17, 15) is 9.90 Å². The van der Waals surface area contributed by atoms with Crippen molar-refractivity contribution in [3.05, 3.63) is 39.7 Å². The third-order valence-electron chi connectivity index (χ3n) is 3.38. The molecule has 1 aromatic carbocycles. The zero-order valence-corrected chi connectivity index (χ0v) is 14.5. The molecular formula is C15H18Cl3NO3. The van der Waals surface area contributed by atoms with E-state index in [1.807, 2.05) is 11.8 Å². The Hall–Kier alpha value is -0.940. The van der Waals surface area contributed by atoms with E-state index >= 15 is 0 Å². The van der Waals surface area contributed by atoms with Crippen LogP contribution in [0.25, 0.3) is 11.0 Å². The molecule has 0 spiro atoms. The normalized spacial score (nSPS) is 10.9. The number of phenolic OH excluding ortho intramolecular Hbond substituents is 1.